The van der Waals surface area contributed by atoms with Gasteiger partial charge in [-0.3, -0.25) is 4.79 Å². The van der Waals surface area contributed by atoms with Gasteiger partial charge in [-0.25, -0.2) is 4.39 Å². The van der Waals surface area contributed by atoms with Crippen LogP contribution in [0.4, 0.5) is 4.39 Å². The number of amides is 1. The van der Waals surface area contributed by atoms with Crippen LogP contribution in [-0.2, 0) is 4.79 Å². The quantitative estimate of drug-likeness (QED) is 0.746. The van der Waals surface area contributed by atoms with E-state index in [1.807, 2.05) is 13.0 Å². The van der Waals surface area contributed by atoms with Gasteiger partial charge in [0.2, 0.25) is 5.91 Å². The molecule has 4 heteroatoms. The molecule has 0 saturated heterocycles. The van der Waals surface area contributed by atoms with E-state index in [0.717, 1.165) is 11.1 Å². The van der Waals surface area contributed by atoms with Crippen molar-refractivity contribution >= 4 is 5.91 Å². The minimum Gasteiger partial charge on any atom is -0.344 e. The van der Waals surface area contributed by atoms with Gasteiger partial charge in [0, 0.05) is 0 Å². The second-order valence-electron chi connectivity index (χ2n) is 3.72. The summed E-state index contributed by atoms with van der Waals surface area (Å²) in [5, 5.41) is 2.49. The van der Waals surface area contributed by atoms with Gasteiger partial charge < -0.3 is 11.1 Å². The Morgan fingerprint density at radius 3 is 2.76 bits per heavy atom. The normalized spacial score (nSPS) is 9.41. The summed E-state index contributed by atoms with van der Waals surface area (Å²) in [4.78, 5) is 10.8. The van der Waals surface area contributed by atoms with E-state index < -0.39 is 0 Å². The standard InChI is InChI=1S/C13H15FN2O/c1-9-6-10(2)11(12(14)7-9)4-3-5-16-13(17)8-15/h6-7H,5,8,15H2,1-2H3,(H,16,17). The van der Waals surface area contributed by atoms with Crippen molar-refractivity contribution in [3.63, 3.8) is 0 Å². The second kappa shape index (κ2) is 6.02. The minimum atomic E-state index is -0.333. The summed E-state index contributed by atoms with van der Waals surface area (Å²) in [7, 11) is 0. The molecule has 1 rings (SSSR count). The van der Waals surface area contributed by atoms with E-state index in [1.165, 1.54) is 6.07 Å². The molecule has 0 atom stereocenters. The number of hydrogen-bond acceptors (Lipinski definition) is 2. The van der Waals surface area contributed by atoms with Crippen LogP contribution in [0.25, 0.3) is 0 Å². The first-order valence-corrected chi connectivity index (χ1v) is 5.27. The Bertz CT molecular complexity index is 463. The third kappa shape index (κ3) is 3.89. The van der Waals surface area contributed by atoms with Crippen LogP contribution in [0.2, 0.25) is 0 Å². The van der Waals surface area contributed by atoms with Crippen molar-refractivity contribution in [2.45, 2.75) is 13.8 Å². The maximum Gasteiger partial charge on any atom is 0.234 e. The number of aryl methyl sites for hydroxylation is 2. The van der Waals surface area contributed by atoms with Gasteiger partial charge in [0.25, 0.3) is 0 Å². The SMILES string of the molecule is Cc1cc(C)c(C#CCNC(=O)CN)c(F)c1. The first kappa shape index (κ1) is 13.2. The van der Waals surface area contributed by atoms with Gasteiger partial charge in [-0.05, 0) is 31.0 Å². The summed E-state index contributed by atoms with van der Waals surface area (Å²) >= 11 is 0. The first-order chi connectivity index (χ1) is 8.04. The predicted octanol–water partition coefficient (Wildman–Crippen LogP) is 0.869. The van der Waals surface area contributed by atoms with Crippen molar-refractivity contribution in [3.05, 3.63) is 34.6 Å². The van der Waals surface area contributed by atoms with Crippen molar-refractivity contribution in [2.24, 2.45) is 5.73 Å². The summed E-state index contributed by atoms with van der Waals surface area (Å²) in [5.41, 5.74) is 7.14. The Morgan fingerprint density at radius 2 is 2.18 bits per heavy atom. The molecule has 3 nitrogen and oxygen atoms in total. The number of carbonyl (C=O) groups excluding carboxylic acids is 1. The number of carbonyl (C=O) groups is 1. The summed E-state index contributed by atoms with van der Waals surface area (Å²) in [6, 6.07) is 3.31. The van der Waals surface area contributed by atoms with Crippen molar-refractivity contribution < 1.29 is 9.18 Å². The largest absolute Gasteiger partial charge is 0.344 e. The van der Waals surface area contributed by atoms with Gasteiger partial charge >= 0.3 is 0 Å². The number of hydrogen-bond donors (Lipinski definition) is 2. The van der Waals surface area contributed by atoms with E-state index in [1.54, 1.807) is 6.92 Å². The van der Waals surface area contributed by atoms with Crippen molar-refractivity contribution in [2.75, 3.05) is 13.1 Å². The van der Waals surface area contributed by atoms with E-state index in [9.17, 15) is 9.18 Å². The molecule has 0 fully saturated rings. The van der Waals surface area contributed by atoms with Crippen molar-refractivity contribution in [1.29, 1.82) is 0 Å². The smallest absolute Gasteiger partial charge is 0.234 e. The van der Waals surface area contributed by atoms with Crippen LogP contribution in [0.3, 0.4) is 0 Å². The molecule has 17 heavy (non-hydrogen) atoms. The number of halogens is 1. The van der Waals surface area contributed by atoms with Crippen LogP contribution in [0.15, 0.2) is 12.1 Å². The monoisotopic (exact) mass is 234 g/mol. The molecule has 0 bridgehead atoms. The van der Waals surface area contributed by atoms with Crippen molar-refractivity contribution in [3.8, 4) is 11.8 Å². The molecule has 1 aromatic rings. The molecule has 0 aliphatic heterocycles. The van der Waals surface area contributed by atoms with E-state index in [2.05, 4.69) is 17.2 Å². The Hall–Kier alpha value is -1.86. The highest BCUT2D eigenvalue weighted by atomic mass is 19.1. The fourth-order valence-electron chi connectivity index (χ4n) is 1.42. The average Bonchev–Trinajstić information content (AvgIpc) is 2.26. The van der Waals surface area contributed by atoms with E-state index in [-0.39, 0.29) is 24.8 Å². The van der Waals surface area contributed by atoms with Gasteiger partial charge in [0.1, 0.15) is 5.82 Å². The van der Waals surface area contributed by atoms with Gasteiger partial charge in [-0.2, -0.15) is 0 Å². The van der Waals surface area contributed by atoms with Crippen LogP contribution < -0.4 is 11.1 Å². The maximum atomic E-state index is 13.6. The molecule has 3 N–H and O–H groups in total. The summed E-state index contributed by atoms with van der Waals surface area (Å²) in [5.74, 6) is 4.79. The molecule has 0 aliphatic rings. The maximum absolute atomic E-state index is 13.6. The Kier molecular flexibility index (Phi) is 4.68. The number of nitrogens with two attached hydrogens (primary N) is 1. The molecule has 0 aromatic heterocycles. The van der Waals surface area contributed by atoms with E-state index >= 15 is 0 Å². The third-order valence-electron chi connectivity index (χ3n) is 2.20. The molecule has 0 unspecified atom stereocenters. The first-order valence-electron chi connectivity index (χ1n) is 5.27. The molecule has 0 heterocycles. The Balaban J connectivity index is 2.75. The highest BCUT2D eigenvalue weighted by Crippen LogP contribution is 2.14. The molecular formula is C13H15FN2O. The van der Waals surface area contributed by atoms with Crippen molar-refractivity contribution in [1.82, 2.24) is 5.32 Å². The van der Waals surface area contributed by atoms with Crippen LogP contribution in [0.5, 0.6) is 0 Å². The molecule has 0 spiro atoms. The lowest BCUT2D eigenvalue weighted by Crippen LogP contribution is -2.30. The fourth-order valence-corrected chi connectivity index (χ4v) is 1.42. The highest BCUT2D eigenvalue weighted by Gasteiger charge is 2.03. The zero-order valence-corrected chi connectivity index (χ0v) is 9.93. The Labute approximate surface area is 100 Å². The van der Waals surface area contributed by atoms with Crippen LogP contribution >= 0.6 is 0 Å². The van der Waals surface area contributed by atoms with Crippen LogP contribution in [0.1, 0.15) is 16.7 Å². The van der Waals surface area contributed by atoms with Crippen LogP contribution in [-0.4, -0.2) is 19.0 Å². The van der Waals surface area contributed by atoms with E-state index in [4.69, 9.17) is 5.73 Å². The zero-order valence-electron chi connectivity index (χ0n) is 9.93. The highest BCUT2D eigenvalue weighted by molar-refractivity contribution is 5.77. The number of nitrogens with one attached hydrogen (secondary N) is 1. The second-order valence-corrected chi connectivity index (χ2v) is 3.72. The van der Waals surface area contributed by atoms with Gasteiger partial charge in [0.05, 0.1) is 18.7 Å². The molecule has 1 amide bonds. The molecule has 0 radical (unpaired) electrons. The molecule has 0 saturated carbocycles. The molecule has 0 aliphatic carbocycles. The lowest BCUT2D eigenvalue weighted by molar-refractivity contribution is -0.119. The molecule has 1 aromatic carbocycles. The Morgan fingerprint density at radius 1 is 1.47 bits per heavy atom. The zero-order chi connectivity index (χ0) is 12.8. The molecule has 90 valence electrons. The third-order valence-corrected chi connectivity index (χ3v) is 2.20. The van der Waals surface area contributed by atoms with Gasteiger partial charge in [-0.1, -0.05) is 17.9 Å². The molecular weight excluding hydrogens is 219 g/mol. The van der Waals surface area contributed by atoms with Crippen LogP contribution in [0, 0.1) is 31.5 Å². The van der Waals surface area contributed by atoms with E-state index in [0.29, 0.717) is 5.56 Å². The fraction of sp³-hybridized carbons (Fsp3) is 0.308. The van der Waals surface area contributed by atoms with Gasteiger partial charge in [0.15, 0.2) is 0 Å². The average molecular weight is 234 g/mol. The predicted molar refractivity (Wildman–Crippen MR) is 64.8 cm³/mol. The lowest BCUT2D eigenvalue weighted by atomic mass is 10.1. The lowest BCUT2D eigenvalue weighted by Gasteiger charge is -2.02. The summed E-state index contributed by atoms with van der Waals surface area (Å²) < 4.78 is 13.6. The minimum absolute atomic E-state index is 0.0698. The number of benzene rings is 1. The summed E-state index contributed by atoms with van der Waals surface area (Å²) in [6.45, 7) is 3.73. The van der Waals surface area contributed by atoms with Gasteiger partial charge in [-0.15, -0.1) is 0 Å². The summed E-state index contributed by atoms with van der Waals surface area (Å²) in [6.07, 6.45) is 0. The topological polar surface area (TPSA) is 55.1 Å². The number of rotatable bonds is 2.